The monoisotopic (exact) mass is 341 g/mol. The summed E-state index contributed by atoms with van der Waals surface area (Å²) in [6, 6.07) is 7.73. The summed E-state index contributed by atoms with van der Waals surface area (Å²) in [5.41, 5.74) is 4.30. The van der Waals surface area contributed by atoms with Crippen molar-refractivity contribution < 1.29 is 22.7 Å². The Labute approximate surface area is 134 Å². The molecule has 0 bridgehead atoms. The Kier molecular flexibility index (Phi) is 3.52. The van der Waals surface area contributed by atoms with Crippen LogP contribution in [0.2, 0.25) is 5.02 Å². The number of carbonyl (C=O) groups excluding carboxylic acids is 1. The van der Waals surface area contributed by atoms with E-state index in [1.807, 2.05) is 0 Å². The van der Waals surface area contributed by atoms with Crippen molar-refractivity contribution in [1.29, 1.82) is 0 Å². The van der Waals surface area contributed by atoms with Crippen molar-refractivity contribution in [3.8, 4) is 5.75 Å². The summed E-state index contributed by atoms with van der Waals surface area (Å²) >= 11 is 5.97. The molecule has 1 unspecified atom stereocenters. The second-order valence-corrected chi connectivity index (χ2v) is 5.75. The lowest BCUT2D eigenvalue weighted by Gasteiger charge is -2.24. The number of nitrogens with two attached hydrogens (primary N) is 1. The molecule has 120 valence electrons. The smallest absolute Gasteiger partial charge is 0.416 e. The molecule has 0 saturated heterocycles. The molecule has 3 nitrogen and oxygen atoms in total. The van der Waals surface area contributed by atoms with Gasteiger partial charge >= 0.3 is 6.18 Å². The van der Waals surface area contributed by atoms with Gasteiger partial charge in [-0.15, -0.1) is 0 Å². The van der Waals surface area contributed by atoms with Gasteiger partial charge in [-0.05, 0) is 35.9 Å². The second-order valence-electron chi connectivity index (χ2n) is 5.32. The minimum Gasteiger partial charge on any atom is -0.492 e. The fourth-order valence-corrected chi connectivity index (χ4v) is 2.95. The number of ether oxygens (including phenoxy) is 1. The predicted molar refractivity (Wildman–Crippen MR) is 79.6 cm³/mol. The molecule has 1 aliphatic rings. The largest absolute Gasteiger partial charge is 0.492 e. The van der Waals surface area contributed by atoms with E-state index in [2.05, 4.69) is 0 Å². The normalized spacial score (nSPS) is 20.0. The Morgan fingerprint density at radius 2 is 1.91 bits per heavy atom. The summed E-state index contributed by atoms with van der Waals surface area (Å²) < 4.78 is 43.8. The van der Waals surface area contributed by atoms with Gasteiger partial charge in [0.25, 0.3) is 0 Å². The summed E-state index contributed by atoms with van der Waals surface area (Å²) in [6.07, 6.45) is -3.87. The third-order valence-electron chi connectivity index (χ3n) is 3.94. The molecule has 1 heterocycles. The van der Waals surface area contributed by atoms with E-state index in [4.69, 9.17) is 22.1 Å². The fraction of sp³-hybridized carbons (Fsp3) is 0.188. The number of carbonyl (C=O) groups is 1. The van der Waals surface area contributed by atoms with Gasteiger partial charge in [-0.2, -0.15) is 13.2 Å². The zero-order valence-corrected chi connectivity index (χ0v) is 12.4. The van der Waals surface area contributed by atoms with Gasteiger partial charge in [0.15, 0.2) is 0 Å². The summed E-state index contributed by atoms with van der Waals surface area (Å²) in [5.74, 6) is 0.459. The number of fused-ring (bicyclic) bond motifs is 1. The average Bonchev–Trinajstić information content (AvgIpc) is 2.85. The number of halogens is 4. The van der Waals surface area contributed by atoms with E-state index in [9.17, 15) is 18.0 Å². The van der Waals surface area contributed by atoms with E-state index >= 15 is 0 Å². The molecule has 0 amide bonds. The lowest BCUT2D eigenvalue weighted by Crippen LogP contribution is -2.32. The van der Waals surface area contributed by atoms with Crippen LogP contribution in [0.5, 0.6) is 5.75 Å². The molecule has 2 N–H and O–H groups in total. The lowest BCUT2D eigenvalue weighted by atomic mass is 9.76. The van der Waals surface area contributed by atoms with Gasteiger partial charge in [0.2, 0.25) is 0 Å². The number of hydrogen-bond donors (Lipinski definition) is 1. The predicted octanol–water partition coefficient (Wildman–Crippen LogP) is 3.82. The van der Waals surface area contributed by atoms with E-state index in [1.54, 1.807) is 18.2 Å². The first-order valence-corrected chi connectivity index (χ1v) is 7.02. The van der Waals surface area contributed by atoms with Crippen molar-refractivity contribution in [2.75, 3.05) is 12.3 Å². The van der Waals surface area contributed by atoms with Crippen LogP contribution >= 0.6 is 11.6 Å². The van der Waals surface area contributed by atoms with Crippen LogP contribution in [0.1, 0.15) is 16.7 Å². The summed E-state index contributed by atoms with van der Waals surface area (Å²) in [5, 5.41) is 0.394. The maximum Gasteiger partial charge on any atom is 0.416 e. The maximum absolute atomic E-state index is 12.8. The standard InChI is InChI=1S/C16H11ClF3NO2/c17-10-2-4-14-12(6-10)15(7-22,8-23-14)11-3-1-9(5-13(11)21)16(18,19)20/h1-7H,8,21H2. The number of alkyl halides is 3. The van der Waals surface area contributed by atoms with Crippen LogP contribution < -0.4 is 10.5 Å². The molecule has 7 heteroatoms. The van der Waals surface area contributed by atoms with Crippen LogP contribution in [-0.2, 0) is 16.4 Å². The third-order valence-corrected chi connectivity index (χ3v) is 4.17. The molecule has 0 spiro atoms. The van der Waals surface area contributed by atoms with Crippen molar-refractivity contribution in [2.45, 2.75) is 11.6 Å². The SMILES string of the molecule is Nc1cc(C(F)(F)F)ccc1C1(C=O)COc2ccc(Cl)cc21. The van der Waals surface area contributed by atoms with Gasteiger partial charge in [-0.25, -0.2) is 0 Å². The van der Waals surface area contributed by atoms with Gasteiger partial charge in [0.05, 0.1) is 5.56 Å². The van der Waals surface area contributed by atoms with E-state index < -0.39 is 17.2 Å². The van der Waals surface area contributed by atoms with Gasteiger partial charge < -0.3 is 15.3 Å². The Bertz CT molecular complexity index is 791. The van der Waals surface area contributed by atoms with E-state index in [0.29, 0.717) is 22.6 Å². The Morgan fingerprint density at radius 3 is 2.52 bits per heavy atom. The highest BCUT2D eigenvalue weighted by molar-refractivity contribution is 6.30. The first kappa shape index (κ1) is 15.7. The molecule has 23 heavy (non-hydrogen) atoms. The second kappa shape index (κ2) is 5.16. The summed E-state index contributed by atoms with van der Waals surface area (Å²) in [6.45, 7) is -0.0399. The van der Waals surface area contributed by atoms with E-state index in [1.165, 1.54) is 6.07 Å². The highest BCUT2D eigenvalue weighted by atomic mass is 35.5. The molecule has 1 atom stereocenters. The van der Waals surface area contributed by atoms with E-state index in [0.717, 1.165) is 12.1 Å². The number of nitrogen functional groups attached to an aromatic ring is 1. The van der Waals surface area contributed by atoms with Crippen molar-refractivity contribution in [1.82, 2.24) is 0 Å². The highest BCUT2D eigenvalue weighted by Gasteiger charge is 2.44. The molecule has 2 aromatic rings. The van der Waals surface area contributed by atoms with Crippen molar-refractivity contribution in [3.63, 3.8) is 0 Å². The summed E-state index contributed by atoms with van der Waals surface area (Å²) in [7, 11) is 0. The molecule has 0 fully saturated rings. The number of rotatable bonds is 2. The number of benzene rings is 2. The van der Waals surface area contributed by atoms with Crippen LogP contribution in [0.15, 0.2) is 36.4 Å². The minimum absolute atomic E-state index is 0.0399. The average molecular weight is 342 g/mol. The quantitative estimate of drug-likeness (QED) is 0.667. The molecule has 2 aromatic carbocycles. The Morgan fingerprint density at radius 1 is 1.17 bits per heavy atom. The van der Waals surface area contributed by atoms with E-state index in [-0.39, 0.29) is 17.9 Å². The molecule has 3 rings (SSSR count). The van der Waals surface area contributed by atoms with Gasteiger partial charge in [-0.1, -0.05) is 17.7 Å². The number of aldehydes is 1. The minimum atomic E-state index is -4.51. The molecule has 1 aliphatic heterocycles. The molecule has 0 aromatic heterocycles. The van der Waals surface area contributed by atoms with Crippen molar-refractivity contribution >= 4 is 23.6 Å². The van der Waals surface area contributed by atoms with Gasteiger partial charge in [0.1, 0.15) is 24.1 Å². The highest BCUT2D eigenvalue weighted by Crippen LogP contribution is 2.46. The number of anilines is 1. The van der Waals surface area contributed by atoms with Crippen molar-refractivity contribution in [3.05, 3.63) is 58.1 Å². The van der Waals surface area contributed by atoms with Crippen LogP contribution in [0.25, 0.3) is 0 Å². The molecule has 0 aliphatic carbocycles. The maximum atomic E-state index is 12.8. The van der Waals surface area contributed by atoms with Crippen LogP contribution in [0.4, 0.5) is 18.9 Å². The lowest BCUT2D eigenvalue weighted by molar-refractivity contribution is -0.137. The van der Waals surface area contributed by atoms with Gasteiger partial charge in [-0.3, -0.25) is 0 Å². The van der Waals surface area contributed by atoms with Crippen molar-refractivity contribution in [2.24, 2.45) is 0 Å². The molecular formula is C16H11ClF3NO2. The van der Waals surface area contributed by atoms with Crippen LogP contribution in [0, 0.1) is 0 Å². The first-order valence-electron chi connectivity index (χ1n) is 6.64. The molecular weight excluding hydrogens is 331 g/mol. The summed E-state index contributed by atoms with van der Waals surface area (Å²) in [4.78, 5) is 11.8. The Balaban J connectivity index is 2.18. The van der Waals surface area contributed by atoms with Gasteiger partial charge in [0, 0.05) is 16.3 Å². The topological polar surface area (TPSA) is 52.3 Å². The van der Waals surface area contributed by atoms with Crippen LogP contribution in [0.3, 0.4) is 0 Å². The third kappa shape index (κ3) is 2.43. The Hall–Kier alpha value is -2.21. The zero-order chi connectivity index (χ0) is 16.8. The number of hydrogen-bond acceptors (Lipinski definition) is 3. The zero-order valence-electron chi connectivity index (χ0n) is 11.7. The van der Waals surface area contributed by atoms with Crippen LogP contribution in [-0.4, -0.2) is 12.9 Å². The molecule has 0 radical (unpaired) electrons. The molecule has 0 saturated carbocycles. The fourth-order valence-electron chi connectivity index (χ4n) is 2.78. The first-order chi connectivity index (χ1) is 10.8.